The van der Waals surface area contributed by atoms with Crippen LogP contribution in [0.15, 0.2) is 47.5 Å². The van der Waals surface area contributed by atoms with Crippen molar-refractivity contribution in [3.05, 3.63) is 58.5 Å². The molecule has 6 nitrogen and oxygen atoms in total. The van der Waals surface area contributed by atoms with Gasteiger partial charge in [0, 0.05) is 30.4 Å². The summed E-state index contributed by atoms with van der Waals surface area (Å²) in [5.41, 5.74) is 2.37. The standard InChI is InChI=1S/C20H20N2O4/c1-4-22-12-16(20(24)26-5-2)19(23)15-7-6-13(10-17(15)22)14-8-9-21-18(11-14)25-3/h6-12H,4-5H2,1-3H3. The van der Waals surface area contributed by atoms with E-state index in [9.17, 15) is 9.59 Å². The molecule has 0 aliphatic rings. The van der Waals surface area contributed by atoms with E-state index in [-0.39, 0.29) is 17.6 Å². The van der Waals surface area contributed by atoms with Crippen LogP contribution in [0.4, 0.5) is 0 Å². The molecule has 0 aliphatic carbocycles. The highest BCUT2D eigenvalue weighted by atomic mass is 16.5. The van der Waals surface area contributed by atoms with Crippen molar-refractivity contribution in [2.24, 2.45) is 0 Å². The lowest BCUT2D eigenvalue weighted by atomic mass is 10.0. The summed E-state index contributed by atoms with van der Waals surface area (Å²) in [6, 6.07) is 9.25. The summed E-state index contributed by atoms with van der Waals surface area (Å²) in [5.74, 6) is -0.0716. The number of aryl methyl sites for hydroxylation is 1. The molecule has 1 aromatic carbocycles. The average Bonchev–Trinajstić information content (AvgIpc) is 2.68. The van der Waals surface area contributed by atoms with Gasteiger partial charge in [0.05, 0.1) is 19.2 Å². The van der Waals surface area contributed by atoms with E-state index >= 15 is 0 Å². The molecule has 0 saturated carbocycles. The van der Waals surface area contributed by atoms with E-state index in [0.29, 0.717) is 17.8 Å². The summed E-state index contributed by atoms with van der Waals surface area (Å²) in [6.07, 6.45) is 3.24. The third kappa shape index (κ3) is 3.18. The fourth-order valence-electron chi connectivity index (χ4n) is 2.89. The molecule has 0 saturated heterocycles. The van der Waals surface area contributed by atoms with Gasteiger partial charge in [-0.25, -0.2) is 9.78 Å². The van der Waals surface area contributed by atoms with E-state index in [0.717, 1.165) is 16.6 Å². The minimum atomic E-state index is -0.593. The zero-order valence-electron chi connectivity index (χ0n) is 15.0. The van der Waals surface area contributed by atoms with Crippen molar-refractivity contribution in [1.29, 1.82) is 0 Å². The van der Waals surface area contributed by atoms with Gasteiger partial charge >= 0.3 is 5.97 Å². The van der Waals surface area contributed by atoms with Crippen molar-refractivity contribution in [2.75, 3.05) is 13.7 Å². The van der Waals surface area contributed by atoms with Gasteiger partial charge in [-0.3, -0.25) is 4.79 Å². The van der Waals surface area contributed by atoms with Gasteiger partial charge in [0.25, 0.3) is 0 Å². The summed E-state index contributed by atoms with van der Waals surface area (Å²) in [6.45, 7) is 4.52. The molecular weight excluding hydrogens is 332 g/mol. The Bertz CT molecular complexity index is 1020. The number of ether oxygens (including phenoxy) is 2. The molecule has 0 atom stereocenters. The maximum absolute atomic E-state index is 12.7. The van der Waals surface area contributed by atoms with Crippen LogP contribution in [0.3, 0.4) is 0 Å². The van der Waals surface area contributed by atoms with Gasteiger partial charge in [-0.05, 0) is 43.2 Å². The Labute approximate surface area is 151 Å². The Morgan fingerprint density at radius 2 is 1.92 bits per heavy atom. The first-order valence-corrected chi connectivity index (χ1v) is 8.43. The Morgan fingerprint density at radius 1 is 1.15 bits per heavy atom. The quantitative estimate of drug-likeness (QED) is 0.659. The molecule has 6 heteroatoms. The molecule has 2 heterocycles. The van der Waals surface area contributed by atoms with Crippen LogP contribution in [0.5, 0.6) is 5.88 Å². The molecule has 0 bridgehead atoms. The number of carbonyl (C=O) groups excluding carboxylic acids is 1. The van der Waals surface area contributed by atoms with Crippen LogP contribution in [-0.2, 0) is 11.3 Å². The number of hydrogen-bond donors (Lipinski definition) is 0. The number of aromatic nitrogens is 2. The molecule has 0 aliphatic heterocycles. The number of pyridine rings is 2. The molecular formula is C20H20N2O4. The van der Waals surface area contributed by atoms with Crippen LogP contribution >= 0.6 is 0 Å². The lowest BCUT2D eigenvalue weighted by molar-refractivity contribution is 0.0524. The summed E-state index contributed by atoms with van der Waals surface area (Å²) in [7, 11) is 1.57. The number of fused-ring (bicyclic) bond motifs is 1. The van der Waals surface area contributed by atoms with Gasteiger partial charge in [0.2, 0.25) is 11.3 Å². The summed E-state index contributed by atoms with van der Waals surface area (Å²) in [5, 5.41) is 0.488. The Balaban J connectivity index is 2.19. The monoisotopic (exact) mass is 352 g/mol. The normalized spacial score (nSPS) is 10.7. The predicted octanol–water partition coefficient (Wildman–Crippen LogP) is 3.27. The van der Waals surface area contributed by atoms with Crippen molar-refractivity contribution in [2.45, 2.75) is 20.4 Å². The summed E-state index contributed by atoms with van der Waals surface area (Å²) >= 11 is 0. The SMILES string of the molecule is CCOC(=O)c1cn(CC)c2cc(-c3ccnc(OC)c3)ccc2c1=O. The molecule has 26 heavy (non-hydrogen) atoms. The van der Waals surface area contributed by atoms with Crippen LogP contribution in [0.2, 0.25) is 0 Å². The first kappa shape index (κ1) is 17.7. The minimum Gasteiger partial charge on any atom is -0.481 e. The van der Waals surface area contributed by atoms with Gasteiger partial charge in [-0.2, -0.15) is 0 Å². The zero-order chi connectivity index (χ0) is 18.7. The smallest absolute Gasteiger partial charge is 0.343 e. The van der Waals surface area contributed by atoms with Crippen LogP contribution in [0.25, 0.3) is 22.0 Å². The largest absolute Gasteiger partial charge is 0.481 e. The van der Waals surface area contributed by atoms with Crippen LogP contribution in [-0.4, -0.2) is 29.2 Å². The maximum atomic E-state index is 12.7. The predicted molar refractivity (Wildman–Crippen MR) is 99.6 cm³/mol. The van der Waals surface area contributed by atoms with Gasteiger partial charge in [-0.15, -0.1) is 0 Å². The summed E-state index contributed by atoms with van der Waals surface area (Å²) in [4.78, 5) is 28.9. The maximum Gasteiger partial charge on any atom is 0.343 e. The second-order valence-electron chi connectivity index (χ2n) is 5.70. The molecule has 0 spiro atoms. The molecule has 0 radical (unpaired) electrons. The van der Waals surface area contributed by atoms with Crippen LogP contribution < -0.4 is 10.2 Å². The van der Waals surface area contributed by atoms with E-state index in [2.05, 4.69) is 4.98 Å². The first-order chi connectivity index (χ1) is 12.6. The molecule has 0 N–H and O–H groups in total. The van der Waals surface area contributed by atoms with Crippen molar-refractivity contribution in [3.8, 4) is 17.0 Å². The number of rotatable bonds is 5. The number of nitrogens with zero attached hydrogens (tertiary/aromatic N) is 2. The molecule has 3 aromatic rings. The highest BCUT2D eigenvalue weighted by molar-refractivity contribution is 5.94. The van der Waals surface area contributed by atoms with E-state index < -0.39 is 5.97 Å². The number of benzene rings is 1. The van der Waals surface area contributed by atoms with Gasteiger partial charge in [-0.1, -0.05) is 6.07 Å². The van der Waals surface area contributed by atoms with E-state index in [4.69, 9.17) is 9.47 Å². The minimum absolute atomic E-state index is 0.0551. The zero-order valence-corrected chi connectivity index (χ0v) is 15.0. The van der Waals surface area contributed by atoms with Gasteiger partial charge < -0.3 is 14.0 Å². The second kappa shape index (κ2) is 7.39. The molecule has 0 fully saturated rings. The fraction of sp³-hybridized carbons (Fsp3) is 0.250. The lowest BCUT2D eigenvalue weighted by Gasteiger charge is -2.13. The second-order valence-corrected chi connectivity index (χ2v) is 5.70. The number of hydrogen-bond acceptors (Lipinski definition) is 5. The number of methoxy groups -OCH3 is 1. The van der Waals surface area contributed by atoms with E-state index in [1.165, 1.54) is 0 Å². The fourth-order valence-corrected chi connectivity index (χ4v) is 2.89. The third-order valence-electron chi connectivity index (χ3n) is 4.19. The molecule has 2 aromatic heterocycles. The van der Waals surface area contributed by atoms with E-state index in [1.54, 1.807) is 32.5 Å². The highest BCUT2D eigenvalue weighted by Crippen LogP contribution is 2.25. The molecule has 134 valence electrons. The molecule has 0 amide bonds. The summed E-state index contributed by atoms with van der Waals surface area (Å²) < 4.78 is 12.1. The Kier molecular flexibility index (Phi) is 5.02. The van der Waals surface area contributed by atoms with Gasteiger partial charge in [0.1, 0.15) is 5.56 Å². The van der Waals surface area contributed by atoms with Crippen molar-refractivity contribution >= 4 is 16.9 Å². The molecule has 0 unspecified atom stereocenters. The van der Waals surface area contributed by atoms with E-state index in [1.807, 2.05) is 35.8 Å². The number of esters is 1. The van der Waals surface area contributed by atoms with Gasteiger partial charge in [0.15, 0.2) is 0 Å². The number of carbonyl (C=O) groups is 1. The van der Waals surface area contributed by atoms with Crippen molar-refractivity contribution < 1.29 is 14.3 Å². The van der Waals surface area contributed by atoms with Crippen molar-refractivity contribution in [3.63, 3.8) is 0 Å². The van der Waals surface area contributed by atoms with Crippen molar-refractivity contribution in [1.82, 2.24) is 9.55 Å². The third-order valence-corrected chi connectivity index (χ3v) is 4.19. The van der Waals surface area contributed by atoms with Crippen LogP contribution in [0, 0.1) is 0 Å². The molecule has 3 rings (SSSR count). The average molecular weight is 352 g/mol. The topological polar surface area (TPSA) is 70.4 Å². The first-order valence-electron chi connectivity index (χ1n) is 8.43. The highest BCUT2D eigenvalue weighted by Gasteiger charge is 2.16. The van der Waals surface area contributed by atoms with Crippen LogP contribution in [0.1, 0.15) is 24.2 Å². The lowest BCUT2D eigenvalue weighted by Crippen LogP contribution is -2.20. The Hall–Kier alpha value is -3.15. The Morgan fingerprint density at radius 3 is 2.62 bits per heavy atom.